The molecule has 2 fully saturated rings. The Labute approximate surface area is 87.3 Å². The van der Waals surface area contributed by atoms with E-state index >= 15 is 0 Å². The van der Waals surface area contributed by atoms with Crippen molar-refractivity contribution in [2.24, 2.45) is 5.92 Å². The van der Waals surface area contributed by atoms with E-state index in [1.165, 1.54) is 32.1 Å². The quantitative estimate of drug-likeness (QED) is 0.748. The summed E-state index contributed by atoms with van der Waals surface area (Å²) in [6.07, 6.45) is 7.54. The minimum Gasteiger partial charge on any atom is -0.391 e. The number of hydrogen-bond donors (Lipinski definition) is 1. The van der Waals surface area contributed by atoms with Crippen LogP contribution in [0.25, 0.3) is 0 Å². The van der Waals surface area contributed by atoms with Crippen molar-refractivity contribution in [2.75, 3.05) is 7.05 Å². The highest BCUT2D eigenvalue weighted by Crippen LogP contribution is 2.34. The lowest BCUT2D eigenvalue weighted by Gasteiger charge is -2.41. The molecule has 2 aliphatic carbocycles. The molecule has 2 nitrogen and oxygen atoms in total. The van der Waals surface area contributed by atoms with E-state index in [4.69, 9.17) is 0 Å². The molecule has 1 N–H and O–H groups in total. The first kappa shape index (κ1) is 10.4. The molecule has 0 aromatic carbocycles. The molecule has 0 aliphatic heterocycles. The van der Waals surface area contributed by atoms with Crippen molar-refractivity contribution >= 4 is 0 Å². The highest BCUT2D eigenvalue weighted by Gasteiger charge is 2.35. The second-order valence-electron chi connectivity index (χ2n) is 5.16. The number of nitrogens with zero attached hydrogens (tertiary/aromatic N) is 1. The Balaban J connectivity index is 1.89. The molecule has 0 bridgehead atoms. The first-order valence-electron chi connectivity index (χ1n) is 6.10. The van der Waals surface area contributed by atoms with E-state index in [9.17, 15) is 5.11 Å². The van der Waals surface area contributed by atoms with Crippen molar-refractivity contribution in [1.82, 2.24) is 4.90 Å². The first-order chi connectivity index (χ1) is 6.70. The molecule has 0 saturated heterocycles. The molecule has 2 heteroatoms. The summed E-state index contributed by atoms with van der Waals surface area (Å²) in [6.45, 7) is 2.33. The smallest absolute Gasteiger partial charge is 0.0695 e. The van der Waals surface area contributed by atoms with Gasteiger partial charge in [-0.2, -0.15) is 0 Å². The molecule has 2 saturated carbocycles. The van der Waals surface area contributed by atoms with Crippen molar-refractivity contribution in [2.45, 2.75) is 63.6 Å². The second kappa shape index (κ2) is 4.19. The van der Waals surface area contributed by atoms with Crippen LogP contribution in [0.2, 0.25) is 0 Å². The molecule has 0 spiro atoms. The lowest BCUT2D eigenvalue weighted by molar-refractivity contribution is 0.0330. The van der Waals surface area contributed by atoms with Gasteiger partial charge in [-0.25, -0.2) is 0 Å². The second-order valence-corrected chi connectivity index (χ2v) is 5.16. The maximum Gasteiger partial charge on any atom is 0.0695 e. The van der Waals surface area contributed by atoms with Crippen molar-refractivity contribution < 1.29 is 5.11 Å². The van der Waals surface area contributed by atoms with Crippen LogP contribution in [0.1, 0.15) is 45.4 Å². The summed E-state index contributed by atoms with van der Waals surface area (Å²) in [7, 11) is 2.20. The Morgan fingerprint density at radius 1 is 1.14 bits per heavy atom. The van der Waals surface area contributed by atoms with Crippen LogP contribution in [0.5, 0.6) is 0 Å². The third kappa shape index (κ3) is 1.82. The van der Waals surface area contributed by atoms with E-state index in [1.807, 2.05) is 0 Å². The van der Waals surface area contributed by atoms with Crippen LogP contribution < -0.4 is 0 Å². The SMILES string of the molecule is CC(C1CCC1)N(C)[C@@H]1CCC[C@H]1O. The molecule has 3 atom stereocenters. The molecule has 0 radical (unpaired) electrons. The van der Waals surface area contributed by atoms with E-state index in [2.05, 4.69) is 18.9 Å². The average molecular weight is 197 g/mol. The van der Waals surface area contributed by atoms with Gasteiger partial charge in [0.1, 0.15) is 0 Å². The van der Waals surface area contributed by atoms with Gasteiger partial charge in [-0.15, -0.1) is 0 Å². The van der Waals surface area contributed by atoms with Gasteiger partial charge in [0.15, 0.2) is 0 Å². The molecule has 82 valence electrons. The van der Waals surface area contributed by atoms with Gasteiger partial charge in [0, 0.05) is 12.1 Å². The number of likely N-dealkylation sites (N-methyl/N-ethyl adjacent to an activating group) is 1. The minimum absolute atomic E-state index is 0.0671. The molecule has 0 aromatic heterocycles. The number of aliphatic hydroxyl groups is 1. The molecule has 2 aliphatic rings. The fourth-order valence-corrected chi connectivity index (χ4v) is 2.95. The van der Waals surface area contributed by atoms with Crippen LogP contribution in [-0.2, 0) is 0 Å². The summed E-state index contributed by atoms with van der Waals surface area (Å²) in [5.41, 5.74) is 0. The van der Waals surface area contributed by atoms with Crippen molar-refractivity contribution in [3.8, 4) is 0 Å². The Morgan fingerprint density at radius 2 is 1.79 bits per heavy atom. The monoisotopic (exact) mass is 197 g/mol. The highest BCUT2D eigenvalue weighted by molar-refractivity contribution is 4.89. The zero-order chi connectivity index (χ0) is 10.1. The summed E-state index contributed by atoms with van der Waals surface area (Å²) in [5, 5.41) is 9.84. The zero-order valence-corrected chi connectivity index (χ0v) is 9.45. The fraction of sp³-hybridized carbons (Fsp3) is 1.00. The lowest BCUT2D eigenvalue weighted by Crippen LogP contribution is -2.47. The minimum atomic E-state index is -0.0671. The molecule has 1 unspecified atom stereocenters. The van der Waals surface area contributed by atoms with Gasteiger partial charge in [0.2, 0.25) is 0 Å². The molecule has 0 heterocycles. The molecular weight excluding hydrogens is 174 g/mol. The Hall–Kier alpha value is -0.0800. The summed E-state index contributed by atoms with van der Waals surface area (Å²) >= 11 is 0. The number of rotatable bonds is 3. The van der Waals surface area contributed by atoms with Crippen LogP contribution >= 0.6 is 0 Å². The molecule has 0 amide bonds. The van der Waals surface area contributed by atoms with Crippen molar-refractivity contribution in [1.29, 1.82) is 0 Å². The fourth-order valence-electron chi connectivity index (χ4n) is 2.95. The summed E-state index contributed by atoms with van der Waals surface area (Å²) < 4.78 is 0. The Kier molecular flexibility index (Phi) is 3.13. The third-order valence-corrected chi connectivity index (χ3v) is 4.44. The van der Waals surface area contributed by atoms with Crippen LogP contribution in [0.15, 0.2) is 0 Å². The van der Waals surface area contributed by atoms with Gasteiger partial charge in [-0.05, 0) is 52.0 Å². The Morgan fingerprint density at radius 3 is 2.21 bits per heavy atom. The van der Waals surface area contributed by atoms with Gasteiger partial charge >= 0.3 is 0 Å². The standard InChI is InChI=1S/C12H23NO/c1-9(10-5-3-6-10)13(2)11-7-4-8-12(11)14/h9-12,14H,3-8H2,1-2H3/t9?,11-,12-/m1/s1. The topological polar surface area (TPSA) is 23.5 Å². The molecular formula is C12H23NO. The lowest BCUT2D eigenvalue weighted by atomic mass is 9.79. The normalized spacial score (nSPS) is 36.0. The highest BCUT2D eigenvalue weighted by atomic mass is 16.3. The van der Waals surface area contributed by atoms with Gasteiger partial charge in [-0.1, -0.05) is 6.42 Å². The third-order valence-electron chi connectivity index (χ3n) is 4.44. The maximum atomic E-state index is 9.84. The predicted molar refractivity (Wildman–Crippen MR) is 58.2 cm³/mol. The van der Waals surface area contributed by atoms with E-state index in [1.54, 1.807) is 0 Å². The van der Waals surface area contributed by atoms with Gasteiger partial charge in [-0.3, -0.25) is 4.90 Å². The molecule has 0 aromatic rings. The summed E-state index contributed by atoms with van der Waals surface area (Å²) in [6, 6.07) is 1.10. The summed E-state index contributed by atoms with van der Waals surface area (Å²) in [5.74, 6) is 0.896. The summed E-state index contributed by atoms with van der Waals surface area (Å²) in [4.78, 5) is 2.43. The maximum absolute atomic E-state index is 9.84. The largest absolute Gasteiger partial charge is 0.391 e. The zero-order valence-electron chi connectivity index (χ0n) is 9.45. The van der Waals surface area contributed by atoms with Crippen LogP contribution in [0, 0.1) is 5.92 Å². The molecule has 2 rings (SSSR count). The van der Waals surface area contributed by atoms with Crippen LogP contribution in [-0.4, -0.2) is 35.2 Å². The van der Waals surface area contributed by atoms with Crippen LogP contribution in [0.4, 0.5) is 0 Å². The van der Waals surface area contributed by atoms with E-state index in [0.717, 1.165) is 12.3 Å². The van der Waals surface area contributed by atoms with Crippen molar-refractivity contribution in [3.05, 3.63) is 0 Å². The number of aliphatic hydroxyl groups excluding tert-OH is 1. The Bertz CT molecular complexity index is 191. The van der Waals surface area contributed by atoms with E-state index < -0.39 is 0 Å². The first-order valence-corrected chi connectivity index (χ1v) is 6.10. The van der Waals surface area contributed by atoms with E-state index in [0.29, 0.717) is 12.1 Å². The van der Waals surface area contributed by atoms with Gasteiger partial charge in [0.05, 0.1) is 6.10 Å². The van der Waals surface area contributed by atoms with Gasteiger partial charge in [0.25, 0.3) is 0 Å². The average Bonchev–Trinajstić information content (AvgIpc) is 2.47. The molecule has 14 heavy (non-hydrogen) atoms. The number of hydrogen-bond acceptors (Lipinski definition) is 2. The van der Waals surface area contributed by atoms with Crippen molar-refractivity contribution in [3.63, 3.8) is 0 Å². The van der Waals surface area contributed by atoms with Crippen LogP contribution in [0.3, 0.4) is 0 Å². The van der Waals surface area contributed by atoms with E-state index in [-0.39, 0.29) is 6.10 Å². The van der Waals surface area contributed by atoms with Gasteiger partial charge < -0.3 is 5.11 Å². The predicted octanol–water partition coefficient (Wildman–Crippen LogP) is 2.02.